The SMILES string of the molecule is CSc1ccc(C2N[N+](c3cccc(NC4=NC(Nc5ccccc5)=NC5=NNC(c6cccc(F)c6)N54)c3)=C3N=C(Nc4ccccc4)N=C(Nc4ccccc4)N32)cc1. The smallest absolute Gasteiger partial charge is 0.325 e. The number of hydrazone groups is 2. The number of benzene rings is 6. The maximum Gasteiger partial charge on any atom is 0.429 e. The average Bonchev–Trinajstić information content (AvgIpc) is 3.90. The van der Waals surface area contributed by atoms with Crippen LogP contribution in [-0.2, 0) is 0 Å². The summed E-state index contributed by atoms with van der Waals surface area (Å²) in [7, 11) is 0. The van der Waals surface area contributed by atoms with Gasteiger partial charge in [-0.15, -0.1) is 26.5 Å². The van der Waals surface area contributed by atoms with Gasteiger partial charge in [-0.2, -0.15) is 14.9 Å². The molecule has 0 saturated carbocycles. The van der Waals surface area contributed by atoms with Crippen LogP contribution in [0.15, 0.2) is 194 Å². The summed E-state index contributed by atoms with van der Waals surface area (Å²) in [6.45, 7) is 0. The van der Waals surface area contributed by atoms with E-state index in [1.165, 1.54) is 12.1 Å². The first-order valence-electron chi connectivity index (χ1n) is 19.5. The molecular formula is C45H38FN14S+. The lowest BCUT2D eigenvalue weighted by Gasteiger charge is -2.30. The zero-order chi connectivity index (χ0) is 41.1. The third kappa shape index (κ3) is 7.82. The fraction of sp³-hybridized carbons (Fsp3) is 0.0667. The van der Waals surface area contributed by atoms with Crippen molar-refractivity contribution in [3.05, 3.63) is 181 Å². The number of thioether (sulfide) groups is 1. The van der Waals surface area contributed by atoms with Crippen LogP contribution >= 0.6 is 11.8 Å². The highest BCUT2D eigenvalue weighted by Gasteiger charge is 2.47. The molecule has 10 rings (SSSR count). The summed E-state index contributed by atoms with van der Waals surface area (Å²) in [5.74, 6) is 2.31. The van der Waals surface area contributed by atoms with E-state index in [1.54, 1.807) is 22.7 Å². The molecule has 6 aromatic carbocycles. The van der Waals surface area contributed by atoms with E-state index in [0.29, 0.717) is 47.0 Å². The number of guanidine groups is 6. The van der Waals surface area contributed by atoms with Crippen molar-refractivity contribution in [1.29, 1.82) is 0 Å². The fourth-order valence-corrected chi connectivity index (χ4v) is 7.57. The van der Waals surface area contributed by atoms with Crippen LogP contribution in [0.25, 0.3) is 0 Å². The molecule has 4 aliphatic rings. The summed E-state index contributed by atoms with van der Waals surface area (Å²) in [4.78, 5) is 24.8. The molecule has 4 aliphatic heterocycles. The number of nitrogens with one attached hydrogen (secondary N) is 6. The molecule has 6 N–H and O–H groups in total. The Hall–Kier alpha value is -7.98. The van der Waals surface area contributed by atoms with E-state index in [1.807, 2.05) is 126 Å². The van der Waals surface area contributed by atoms with Crippen molar-refractivity contribution in [2.24, 2.45) is 25.1 Å². The lowest BCUT2D eigenvalue weighted by molar-refractivity contribution is -0.504. The number of hydrazine groups is 1. The Kier molecular flexibility index (Phi) is 9.99. The molecule has 14 nitrogen and oxygen atoms in total. The Morgan fingerprint density at radius 3 is 1.80 bits per heavy atom. The third-order valence-corrected chi connectivity index (χ3v) is 10.8. The van der Waals surface area contributed by atoms with Crippen molar-refractivity contribution in [3.63, 3.8) is 0 Å². The van der Waals surface area contributed by atoms with Gasteiger partial charge in [0.2, 0.25) is 18.1 Å². The van der Waals surface area contributed by atoms with E-state index in [-0.39, 0.29) is 5.82 Å². The number of nitrogens with zero attached hydrogens (tertiary/aromatic N) is 8. The molecule has 16 heteroatoms. The minimum Gasteiger partial charge on any atom is -0.325 e. The number of hydrogen-bond donors (Lipinski definition) is 6. The molecular weight excluding hydrogens is 788 g/mol. The lowest BCUT2D eigenvalue weighted by Crippen LogP contribution is -2.45. The van der Waals surface area contributed by atoms with E-state index >= 15 is 0 Å². The third-order valence-electron chi connectivity index (χ3n) is 10.0. The summed E-state index contributed by atoms with van der Waals surface area (Å²) in [5, 5.41) is 18.3. The summed E-state index contributed by atoms with van der Waals surface area (Å²) in [5.41, 5.74) is 12.5. The van der Waals surface area contributed by atoms with Crippen LogP contribution in [0, 0.1) is 5.82 Å². The maximum atomic E-state index is 14.5. The fourth-order valence-electron chi connectivity index (χ4n) is 7.16. The van der Waals surface area contributed by atoms with Crippen molar-refractivity contribution in [2.75, 3.05) is 27.5 Å². The van der Waals surface area contributed by atoms with Crippen molar-refractivity contribution in [2.45, 2.75) is 17.2 Å². The van der Waals surface area contributed by atoms with Crippen LogP contribution < -0.4 is 32.1 Å². The maximum absolute atomic E-state index is 14.5. The van der Waals surface area contributed by atoms with Crippen LogP contribution in [0.2, 0.25) is 0 Å². The molecule has 2 atom stereocenters. The molecule has 61 heavy (non-hydrogen) atoms. The number of rotatable bonds is 8. The molecule has 0 fully saturated rings. The number of hydrogen-bond acceptors (Lipinski definition) is 14. The number of fused-ring (bicyclic) bond motifs is 2. The number of aliphatic imine (C=N–C) groups is 4. The highest BCUT2D eigenvalue weighted by atomic mass is 32.2. The molecule has 6 aromatic rings. The van der Waals surface area contributed by atoms with Gasteiger partial charge in [-0.3, -0.25) is 10.3 Å². The van der Waals surface area contributed by atoms with E-state index in [4.69, 9.17) is 20.0 Å². The second-order valence-electron chi connectivity index (χ2n) is 14.1. The molecule has 0 aromatic heterocycles. The highest BCUT2D eigenvalue weighted by molar-refractivity contribution is 7.98. The molecule has 0 saturated heterocycles. The van der Waals surface area contributed by atoms with Gasteiger partial charge < -0.3 is 21.3 Å². The second-order valence-corrected chi connectivity index (χ2v) is 14.9. The van der Waals surface area contributed by atoms with Crippen molar-refractivity contribution < 1.29 is 9.07 Å². The van der Waals surface area contributed by atoms with Crippen LogP contribution in [0.3, 0.4) is 0 Å². The predicted octanol–water partition coefficient (Wildman–Crippen LogP) is 8.14. The largest absolute Gasteiger partial charge is 0.429 e. The molecule has 0 amide bonds. The topological polar surface area (TPSA) is 143 Å². The molecule has 0 radical (unpaired) electrons. The second kappa shape index (κ2) is 16.3. The Bertz CT molecular complexity index is 2780. The Morgan fingerprint density at radius 1 is 0.557 bits per heavy atom. The van der Waals surface area contributed by atoms with Gasteiger partial charge in [-0.25, -0.2) is 9.82 Å². The molecule has 4 heterocycles. The van der Waals surface area contributed by atoms with Gasteiger partial charge >= 0.3 is 11.9 Å². The van der Waals surface area contributed by atoms with Crippen LogP contribution in [0.1, 0.15) is 23.5 Å². The molecule has 0 aliphatic carbocycles. The lowest BCUT2D eigenvalue weighted by atomic mass is 10.1. The quantitative estimate of drug-likeness (QED) is 0.0663. The van der Waals surface area contributed by atoms with Crippen molar-refractivity contribution in [1.82, 2.24) is 20.7 Å². The summed E-state index contributed by atoms with van der Waals surface area (Å²) in [6.07, 6.45) is 1.09. The van der Waals surface area contributed by atoms with Gasteiger partial charge in [-0.1, -0.05) is 84.9 Å². The Labute approximate surface area is 355 Å². The standard InChI is InChI=1S/C45H37FN14S/c1-61-37-25-23-29(24-26-37)39-57-60(45-54-41(48-33-17-7-3-8-18-33)52-43(59(39)45)49-34-19-9-4-10-20-34)36-22-12-21-35(28-36)50-42-51-40(47-32-15-5-2-6-16-32)53-44-56-55-38(58(42)44)30-13-11-14-31(46)27-30/h2-28,38-39,55,57H,1H3,(H3,47,48,49,50,51,52,53,56)/p+1. The van der Waals surface area contributed by atoms with Gasteiger partial charge in [0.15, 0.2) is 6.17 Å². The minimum absolute atomic E-state index is 0.331. The van der Waals surface area contributed by atoms with Gasteiger partial charge in [0, 0.05) is 39.3 Å². The molecule has 0 spiro atoms. The van der Waals surface area contributed by atoms with Gasteiger partial charge in [-0.05, 0) is 89.6 Å². The monoisotopic (exact) mass is 825 g/mol. The van der Waals surface area contributed by atoms with E-state index in [9.17, 15) is 4.39 Å². The first kappa shape index (κ1) is 37.3. The highest BCUT2D eigenvalue weighted by Crippen LogP contribution is 2.33. The first-order valence-corrected chi connectivity index (χ1v) is 20.7. The molecule has 0 bridgehead atoms. The van der Waals surface area contributed by atoms with E-state index in [2.05, 4.69) is 72.6 Å². The van der Waals surface area contributed by atoms with Crippen LogP contribution in [0.4, 0.5) is 32.8 Å². The summed E-state index contributed by atoms with van der Waals surface area (Å²) >= 11 is 1.69. The Morgan fingerprint density at radius 2 is 1.15 bits per heavy atom. The summed E-state index contributed by atoms with van der Waals surface area (Å²) in [6, 6.07) is 52.2. The number of halogens is 1. The molecule has 2 unspecified atom stereocenters. The zero-order valence-electron chi connectivity index (χ0n) is 32.6. The zero-order valence-corrected chi connectivity index (χ0v) is 33.4. The number of para-hydroxylation sites is 3. The van der Waals surface area contributed by atoms with E-state index in [0.717, 1.165) is 33.2 Å². The molecule has 300 valence electrons. The van der Waals surface area contributed by atoms with Crippen molar-refractivity contribution >= 4 is 76.0 Å². The minimum atomic E-state index is -0.577. The Balaban J connectivity index is 1.05. The van der Waals surface area contributed by atoms with Gasteiger partial charge in [0.05, 0.1) is 0 Å². The number of anilines is 4. The van der Waals surface area contributed by atoms with Gasteiger partial charge in [0.25, 0.3) is 11.9 Å². The normalized spacial score (nSPS) is 17.7. The first-order chi connectivity index (χ1) is 30.0. The van der Waals surface area contributed by atoms with Crippen molar-refractivity contribution in [3.8, 4) is 0 Å². The van der Waals surface area contributed by atoms with Crippen LogP contribution in [0.5, 0.6) is 0 Å². The van der Waals surface area contributed by atoms with Crippen LogP contribution in [-0.4, -0.2) is 56.5 Å². The summed E-state index contributed by atoms with van der Waals surface area (Å²) < 4.78 is 16.5. The van der Waals surface area contributed by atoms with E-state index < -0.39 is 12.3 Å². The van der Waals surface area contributed by atoms with Gasteiger partial charge in [0.1, 0.15) is 11.5 Å². The average molecular weight is 826 g/mol. The predicted molar refractivity (Wildman–Crippen MR) is 242 cm³/mol.